The van der Waals surface area contributed by atoms with Crippen molar-refractivity contribution < 1.29 is 19.0 Å². The lowest BCUT2D eigenvalue weighted by molar-refractivity contribution is -0.114. The summed E-state index contributed by atoms with van der Waals surface area (Å²) >= 11 is 0. The van der Waals surface area contributed by atoms with Gasteiger partial charge in [0.1, 0.15) is 5.82 Å². The highest BCUT2D eigenvalue weighted by molar-refractivity contribution is 6.05. The predicted octanol–water partition coefficient (Wildman–Crippen LogP) is 2.65. The minimum absolute atomic E-state index is 0.0185. The maximum Gasteiger partial charge on any atom is 0.330 e. The lowest BCUT2D eigenvalue weighted by Gasteiger charge is -2.24. The van der Waals surface area contributed by atoms with E-state index in [9.17, 15) is 14.4 Å². The standard InChI is InChI=1S/C25H36N4O6/c1-16(2)15-29-23(26)22(24(31)27-25(29)32)28(12-7-13-33-5)21(30)11-9-18-8-10-19(35-17(3)4)20(14-18)34-6/h8-11,14,16-17H,7,12-13,15,26H2,1-6H3,(H,27,31,32)/b11-9+. The Balaban J connectivity index is 2.44. The highest BCUT2D eigenvalue weighted by Crippen LogP contribution is 2.29. The first-order valence-corrected chi connectivity index (χ1v) is 11.5. The van der Waals surface area contributed by atoms with E-state index in [1.165, 1.54) is 15.5 Å². The van der Waals surface area contributed by atoms with E-state index in [-0.39, 0.29) is 30.1 Å². The fourth-order valence-electron chi connectivity index (χ4n) is 3.48. The molecule has 2 aromatic rings. The molecule has 1 aromatic carbocycles. The first-order chi connectivity index (χ1) is 16.6. The van der Waals surface area contributed by atoms with Gasteiger partial charge in [-0.1, -0.05) is 19.9 Å². The monoisotopic (exact) mass is 488 g/mol. The Morgan fingerprint density at radius 2 is 1.89 bits per heavy atom. The zero-order valence-corrected chi connectivity index (χ0v) is 21.3. The van der Waals surface area contributed by atoms with Crippen LogP contribution in [0.2, 0.25) is 0 Å². The third-order valence-corrected chi connectivity index (χ3v) is 5.00. The first kappa shape index (κ1) is 27.7. The molecule has 0 aliphatic carbocycles. The summed E-state index contributed by atoms with van der Waals surface area (Å²) in [4.78, 5) is 41.9. The van der Waals surface area contributed by atoms with E-state index < -0.39 is 17.2 Å². The molecule has 0 unspecified atom stereocenters. The van der Waals surface area contributed by atoms with Gasteiger partial charge in [0.15, 0.2) is 17.2 Å². The number of rotatable bonds is 12. The van der Waals surface area contributed by atoms with Crippen LogP contribution >= 0.6 is 0 Å². The van der Waals surface area contributed by atoms with Crippen molar-refractivity contribution in [2.24, 2.45) is 5.92 Å². The number of hydrogen-bond acceptors (Lipinski definition) is 7. The van der Waals surface area contributed by atoms with Crippen LogP contribution in [0.3, 0.4) is 0 Å². The quantitative estimate of drug-likeness (QED) is 0.347. The van der Waals surface area contributed by atoms with Crippen molar-refractivity contribution in [2.45, 2.75) is 46.8 Å². The average molecular weight is 489 g/mol. The Hall–Kier alpha value is -3.53. The molecule has 0 saturated carbocycles. The second kappa shape index (κ2) is 12.8. The summed E-state index contributed by atoms with van der Waals surface area (Å²) in [7, 11) is 3.09. The number of carbonyl (C=O) groups is 1. The normalized spacial score (nSPS) is 11.4. The third-order valence-electron chi connectivity index (χ3n) is 5.00. The zero-order chi connectivity index (χ0) is 26.1. The molecule has 1 aromatic heterocycles. The number of nitrogen functional groups attached to an aromatic ring is 1. The fraction of sp³-hybridized carbons (Fsp3) is 0.480. The van der Waals surface area contributed by atoms with Crippen LogP contribution in [0.15, 0.2) is 33.9 Å². The lowest BCUT2D eigenvalue weighted by Crippen LogP contribution is -2.41. The molecule has 2 rings (SSSR count). The summed E-state index contributed by atoms with van der Waals surface area (Å²) in [5, 5.41) is 0. The lowest BCUT2D eigenvalue weighted by atomic mass is 10.1. The third kappa shape index (κ3) is 7.48. The Kier molecular flexibility index (Phi) is 10.1. The smallest absolute Gasteiger partial charge is 0.330 e. The van der Waals surface area contributed by atoms with Gasteiger partial charge in [-0.3, -0.25) is 19.1 Å². The van der Waals surface area contributed by atoms with E-state index in [1.807, 2.05) is 27.7 Å². The van der Waals surface area contributed by atoms with Crippen molar-refractivity contribution in [1.82, 2.24) is 9.55 Å². The minimum atomic E-state index is -0.719. The fourth-order valence-corrected chi connectivity index (χ4v) is 3.48. The number of H-pyrrole nitrogens is 1. The van der Waals surface area contributed by atoms with Crippen molar-refractivity contribution in [3.05, 3.63) is 50.7 Å². The van der Waals surface area contributed by atoms with Gasteiger partial charge in [-0.05, 0) is 50.0 Å². The van der Waals surface area contributed by atoms with E-state index in [4.69, 9.17) is 19.9 Å². The molecular weight excluding hydrogens is 452 g/mol. The van der Waals surface area contributed by atoms with Gasteiger partial charge < -0.3 is 24.8 Å². The number of benzene rings is 1. The maximum absolute atomic E-state index is 13.2. The van der Waals surface area contributed by atoms with Crippen LogP contribution in [0.25, 0.3) is 6.08 Å². The maximum atomic E-state index is 13.2. The predicted molar refractivity (Wildman–Crippen MR) is 137 cm³/mol. The average Bonchev–Trinajstić information content (AvgIpc) is 2.79. The van der Waals surface area contributed by atoms with Crippen LogP contribution in [0.5, 0.6) is 11.5 Å². The zero-order valence-electron chi connectivity index (χ0n) is 21.3. The number of nitrogens with one attached hydrogen (secondary N) is 1. The molecule has 1 amide bonds. The SMILES string of the molecule is COCCCN(C(=O)/C=C/c1ccc(OC(C)C)c(OC)c1)c1c(N)n(CC(C)C)c(=O)[nH]c1=O. The van der Waals surface area contributed by atoms with Crippen LogP contribution in [-0.4, -0.2) is 48.9 Å². The number of aromatic nitrogens is 2. The van der Waals surface area contributed by atoms with Crippen molar-refractivity contribution in [2.75, 3.05) is 38.0 Å². The van der Waals surface area contributed by atoms with Crippen LogP contribution in [0.4, 0.5) is 11.5 Å². The van der Waals surface area contributed by atoms with Gasteiger partial charge in [0.05, 0.1) is 13.2 Å². The van der Waals surface area contributed by atoms with Gasteiger partial charge in [-0.25, -0.2) is 4.79 Å². The molecule has 3 N–H and O–H groups in total. The molecule has 0 aliphatic rings. The van der Waals surface area contributed by atoms with Crippen molar-refractivity contribution in [3.8, 4) is 11.5 Å². The van der Waals surface area contributed by atoms with E-state index in [2.05, 4.69) is 4.98 Å². The number of methoxy groups -OCH3 is 2. The first-order valence-electron chi connectivity index (χ1n) is 11.5. The Bertz CT molecular complexity index is 1150. The van der Waals surface area contributed by atoms with Crippen LogP contribution < -0.4 is 31.4 Å². The van der Waals surface area contributed by atoms with Gasteiger partial charge in [0.2, 0.25) is 0 Å². The molecular formula is C25H36N4O6. The van der Waals surface area contributed by atoms with Crippen molar-refractivity contribution in [3.63, 3.8) is 0 Å². The highest BCUT2D eigenvalue weighted by atomic mass is 16.5. The summed E-state index contributed by atoms with van der Waals surface area (Å²) in [6.45, 7) is 8.54. The Labute approximate surface area is 205 Å². The van der Waals surface area contributed by atoms with Crippen molar-refractivity contribution >= 4 is 23.5 Å². The van der Waals surface area contributed by atoms with Crippen molar-refractivity contribution in [1.29, 1.82) is 0 Å². The topological polar surface area (TPSA) is 129 Å². The molecule has 10 nitrogen and oxygen atoms in total. The number of aromatic amines is 1. The molecule has 0 bridgehead atoms. The number of hydrogen-bond donors (Lipinski definition) is 2. The second-order valence-corrected chi connectivity index (χ2v) is 8.74. The van der Waals surface area contributed by atoms with Crippen LogP contribution in [-0.2, 0) is 16.1 Å². The molecule has 0 fully saturated rings. The summed E-state index contributed by atoms with van der Waals surface area (Å²) in [6.07, 6.45) is 3.41. The van der Waals surface area contributed by atoms with Crippen LogP contribution in [0.1, 0.15) is 39.7 Å². The number of nitrogens with zero attached hydrogens (tertiary/aromatic N) is 2. The van der Waals surface area contributed by atoms with E-state index in [0.717, 1.165) is 0 Å². The Morgan fingerprint density at radius 1 is 1.17 bits per heavy atom. The molecule has 0 saturated heterocycles. The number of carbonyl (C=O) groups excluding carboxylic acids is 1. The number of anilines is 2. The molecule has 0 atom stereocenters. The van der Waals surface area contributed by atoms with Gasteiger partial charge in [-0.2, -0.15) is 0 Å². The number of nitrogens with two attached hydrogens (primary N) is 1. The summed E-state index contributed by atoms with van der Waals surface area (Å²) < 4.78 is 17.5. The molecule has 0 aliphatic heterocycles. The molecule has 1 heterocycles. The number of amides is 1. The molecule has 0 spiro atoms. The molecule has 10 heteroatoms. The second-order valence-electron chi connectivity index (χ2n) is 8.74. The van der Waals surface area contributed by atoms with Gasteiger partial charge >= 0.3 is 5.69 Å². The van der Waals surface area contributed by atoms with E-state index >= 15 is 0 Å². The summed E-state index contributed by atoms with van der Waals surface area (Å²) in [5.74, 6) is 0.715. The summed E-state index contributed by atoms with van der Waals surface area (Å²) in [5.41, 5.74) is 5.55. The van der Waals surface area contributed by atoms with E-state index in [0.29, 0.717) is 36.6 Å². The van der Waals surface area contributed by atoms with Gasteiger partial charge in [-0.15, -0.1) is 0 Å². The molecule has 192 valence electrons. The number of ether oxygens (including phenoxy) is 3. The molecule has 35 heavy (non-hydrogen) atoms. The Morgan fingerprint density at radius 3 is 2.49 bits per heavy atom. The highest BCUT2D eigenvalue weighted by Gasteiger charge is 2.23. The summed E-state index contributed by atoms with van der Waals surface area (Å²) in [6, 6.07) is 5.31. The minimum Gasteiger partial charge on any atom is -0.493 e. The van der Waals surface area contributed by atoms with Crippen LogP contribution in [0, 0.1) is 5.92 Å². The van der Waals surface area contributed by atoms with E-state index in [1.54, 1.807) is 38.5 Å². The van der Waals surface area contributed by atoms with Gasteiger partial charge in [0, 0.05) is 32.9 Å². The van der Waals surface area contributed by atoms with Gasteiger partial charge in [0.25, 0.3) is 11.5 Å². The largest absolute Gasteiger partial charge is 0.493 e. The molecule has 0 radical (unpaired) electrons.